The molecule has 0 bridgehead atoms. The third-order valence-corrected chi connectivity index (χ3v) is 6.65. The number of carbonyl (C=O) groups is 3. The second-order valence-corrected chi connectivity index (χ2v) is 9.80. The number of piperazine rings is 1. The highest BCUT2D eigenvalue weighted by Crippen LogP contribution is 2.37. The molecule has 0 radical (unpaired) electrons. The van der Waals surface area contributed by atoms with E-state index in [1.807, 2.05) is 4.90 Å². The van der Waals surface area contributed by atoms with Crippen LogP contribution in [0.5, 0.6) is 5.75 Å². The van der Waals surface area contributed by atoms with Crippen molar-refractivity contribution in [2.45, 2.75) is 20.1 Å². The van der Waals surface area contributed by atoms with Crippen molar-refractivity contribution in [1.82, 2.24) is 34.2 Å². The minimum Gasteiger partial charge on any atom is -0.434 e. The maximum Gasteiger partial charge on any atom is 0.387 e. The average molecular weight is 587 g/mol. The molecule has 1 N–H and O–H groups in total. The van der Waals surface area contributed by atoms with Crippen molar-refractivity contribution in [3.05, 3.63) is 59.6 Å². The smallest absolute Gasteiger partial charge is 0.387 e. The van der Waals surface area contributed by atoms with Crippen LogP contribution in [-0.2, 0) is 16.1 Å². The lowest BCUT2D eigenvalue weighted by molar-refractivity contribution is -0.134. The van der Waals surface area contributed by atoms with E-state index >= 15 is 0 Å². The van der Waals surface area contributed by atoms with Gasteiger partial charge in [0.1, 0.15) is 29.3 Å². The number of Topliss-reactive ketones (excluding diaryl/α,β-unsaturated/α-hetero) is 1. The summed E-state index contributed by atoms with van der Waals surface area (Å²) in [5.74, 6) is -0.970. The minimum absolute atomic E-state index is 0.0551. The van der Waals surface area contributed by atoms with Gasteiger partial charge in [-0.1, -0.05) is 11.6 Å². The van der Waals surface area contributed by atoms with Gasteiger partial charge in [0.05, 0.1) is 18.4 Å². The SMILES string of the molecule is CC(=O)CN1CCN(C(=O)Cn2cc(NC(=O)c3cnn4cccnc34)c(-c3cc(Cl)ccc3OC(F)F)n2)CC1. The maximum atomic E-state index is 13.3. The number of carbonyl (C=O) groups excluding carboxylic acids is 3. The van der Waals surface area contributed by atoms with Crippen LogP contribution in [0.3, 0.4) is 0 Å². The number of amides is 2. The Hall–Kier alpha value is -4.43. The summed E-state index contributed by atoms with van der Waals surface area (Å²) in [5.41, 5.74) is 0.766. The minimum atomic E-state index is -3.12. The molecule has 0 unspecified atom stereocenters. The van der Waals surface area contributed by atoms with Gasteiger partial charge in [-0.15, -0.1) is 0 Å². The number of hydrogen-bond donors (Lipinski definition) is 1. The van der Waals surface area contributed by atoms with Crippen LogP contribution in [0.4, 0.5) is 14.5 Å². The van der Waals surface area contributed by atoms with Gasteiger partial charge < -0.3 is 15.0 Å². The van der Waals surface area contributed by atoms with Crippen molar-refractivity contribution in [1.29, 1.82) is 0 Å². The number of benzene rings is 1. The number of alkyl halides is 2. The van der Waals surface area contributed by atoms with Crippen molar-refractivity contribution < 1.29 is 27.9 Å². The van der Waals surface area contributed by atoms with Gasteiger partial charge in [0.15, 0.2) is 5.65 Å². The molecule has 1 aromatic carbocycles. The molecule has 1 saturated heterocycles. The number of fused-ring (bicyclic) bond motifs is 1. The lowest BCUT2D eigenvalue weighted by atomic mass is 10.1. The fourth-order valence-electron chi connectivity index (χ4n) is 4.56. The molecule has 1 aliphatic rings. The van der Waals surface area contributed by atoms with E-state index in [-0.39, 0.29) is 51.5 Å². The zero-order chi connectivity index (χ0) is 29.1. The van der Waals surface area contributed by atoms with E-state index in [1.165, 1.54) is 52.9 Å². The first-order chi connectivity index (χ1) is 19.7. The number of halogens is 3. The van der Waals surface area contributed by atoms with Crippen molar-refractivity contribution in [3.63, 3.8) is 0 Å². The van der Waals surface area contributed by atoms with Crippen LogP contribution in [-0.4, -0.2) is 91.1 Å². The topological polar surface area (TPSA) is 127 Å². The van der Waals surface area contributed by atoms with Crippen molar-refractivity contribution in [3.8, 4) is 17.0 Å². The molecule has 0 atom stereocenters. The number of hydrogen-bond acceptors (Lipinski definition) is 8. The first-order valence-electron chi connectivity index (χ1n) is 12.6. The fraction of sp³-hybridized carbons (Fsp3) is 0.308. The Bertz CT molecular complexity index is 1600. The van der Waals surface area contributed by atoms with E-state index in [0.717, 1.165) is 0 Å². The van der Waals surface area contributed by atoms with Gasteiger partial charge >= 0.3 is 6.61 Å². The number of rotatable bonds is 9. The van der Waals surface area contributed by atoms with E-state index in [2.05, 4.69) is 25.2 Å². The van der Waals surface area contributed by atoms with E-state index in [4.69, 9.17) is 11.6 Å². The summed E-state index contributed by atoms with van der Waals surface area (Å²) in [6.07, 6.45) is 5.93. The molecule has 15 heteroatoms. The van der Waals surface area contributed by atoms with Gasteiger partial charge in [0, 0.05) is 55.4 Å². The maximum absolute atomic E-state index is 13.3. The van der Waals surface area contributed by atoms with Gasteiger partial charge in [-0.3, -0.25) is 24.0 Å². The Balaban J connectivity index is 1.44. The molecule has 1 fully saturated rings. The average Bonchev–Trinajstić information content (AvgIpc) is 3.53. The second kappa shape index (κ2) is 12.0. The van der Waals surface area contributed by atoms with Gasteiger partial charge in [-0.25, -0.2) is 9.50 Å². The van der Waals surface area contributed by atoms with Crippen LogP contribution in [0.15, 0.2) is 49.1 Å². The predicted molar refractivity (Wildman–Crippen MR) is 144 cm³/mol. The number of anilines is 1. The second-order valence-electron chi connectivity index (χ2n) is 9.37. The lowest BCUT2D eigenvalue weighted by Gasteiger charge is -2.34. The summed E-state index contributed by atoms with van der Waals surface area (Å²) in [5, 5.41) is 11.5. The third-order valence-electron chi connectivity index (χ3n) is 6.42. The molecule has 0 aliphatic carbocycles. The van der Waals surface area contributed by atoms with E-state index in [1.54, 1.807) is 17.2 Å². The highest BCUT2D eigenvalue weighted by Gasteiger charge is 2.25. The van der Waals surface area contributed by atoms with Crippen molar-refractivity contribution in [2.75, 3.05) is 38.0 Å². The summed E-state index contributed by atoms with van der Waals surface area (Å²) in [6.45, 7) is 0.537. The Morgan fingerprint density at radius 1 is 1.15 bits per heavy atom. The van der Waals surface area contributed by atoms with E-state index < -0.39 is 12.5 Å². The summed E-state index contributed by atoms with van der Waals surface area (Å²) in [6, 6.07) is 5.70. The highest BCUT2D eigenvalue weighted by atomic mass is 35.5. The normalized spacial score (nSPS) is 14.0. The monoisotopic (exact) mass is 586 g/mol. The van der Waals surface area contributed by atoms with Gasteiger partial charge in [0.25, 0.3) is 5.91 Å². The molecule has 41 heavy (non-hydrogen) atoms. The lowest BCUT2D eigenvalue weighted by Crippen LogP contribution is -2.50. The molecule has 4 aromatic rings. The summed E-state index contributed by atoms with van der Waals surface area (Å²) >= 11 is 6.17. The van der Waals surface area contributed by atoms with Crippen LogP contribution in [0, 0.1) is 0 Å². The van der Waals surface area contributed by atoms with Gasteiger partial charge in [0.2, 0.25) is 5.91 Å². The molecular weight excluding hydrogens is 562 g/mol. The predicted octanol–water partition coefficient (Wildman–Crippen LogP) is 2.83. The first-order valence-corrected chi connectivity index (χ1v) is 13.0. The Kier molecular flexibility index (Phi) is 8.21. The fourth-order valence-corrected chi connectivity index (χ4v) is 4.74. The summed E-state index contributed by atoms with van der Waals surface area (Å²) < 4.78 is 33.8. The van der Waals surface area contributed by atoms with Crippen LogP contribution in [0.25, 0.3) is 16.9 Å². The molecule has 5 rings (SSSR count). The number of nitrogens with one attached hydrogen (secondary N) is 1. The number of aromatic nitrogens is 5. The Labute approximate surface area is 237 Å². The molecular formula is C26H25ClF2N8O4. The summed E-state index contributed by atoms with van der Waals surface area (Å²) in [7, 11) is 0. The number of ketones is 1. The quantitative estimate of drug-likeness (QED) is 0.317. The van der Waals surface area contributed by atoms with Gasteiger partial charge in [-0.2, -0.15) is 19.0 Å². The van der Waals surface area contributed by atoms with Crippen LogP contribution >= 0.6 is 11.6 Å². The molecule has 0 spiro atoms. The highest BCUT2D eigenvalue weighted by molar-refractivity contribution is 6.31. The molecule has 3 aromatic heterocycles. The summed E-state index contributed by atoms with van der Waals surface area (Å²) in [4.78, 5) is 45.6. The van der Waals surface area contributed by atoms with E-state index in [9.17, 15) is 23.2 Å². The van der Waals surface area contributed by atoms with Crippen LogP contribution in [0.1, 0.15) is 17.3 Å². The van der Waals surface area contributed by atoms with Crippen LogP contribution < -0.4 is 10.1 Å². The Morgan fingerprint density at radius 2 is 1.93 bits per heavy atom. The zero-order valence-electron chi connectivity index (χ0n) is 21.8. The number of ether oxygens (including phenoxy) is 1. The van der Waals surface area contributed by atoms with Crippen molar-refractivity contribution >= 4 is 40.5 Å². The van der Waals surface area contributed by atoms with Crippen molar-refractivity contribution in [2.24, 2.45) is 0 Å². The molecule has 214 valence electrons. The molecule has 1 aliphatic heterocycles. The molecule has 2 amide bonds. The molecule has 12 nitrogen and oxygen atoms in total. The molecule has 0 saturated carbocycles. The number of nitrogens with zero attached hydrogens (tertiary/aromatic N) is 7. The zero-order valence-corrected chi connectivity index (χ0v) is 22.6. The Morgan fingerprint density at radius 3 is 2.66 bits per heavy atom. The molecule has 4 heterocycles. The van der Waals surface area contributed by atoms with Crippen LogP contribution in [0.2, 0.25) is 5.02 Å². The van der Waals surface area contributed by atoms with E-state index in [0.29, 0.717) is 38.4 Å². The standard InChI is InChI=1S/C26H25ClF2N8O4/c1-16(38)13-34-7-9-35(10-8-34)22(39)15-36-14-20(32-25(40)19-12-31-37-6-2-5-30-24(19)37)23(33-36)18-11-17(27)3-4-21(18)41-26(28)29/h2-6,11-12,14,26H,7-10,13,15H2,1H3,(H,32,40). The largest absolute Gasteiger partial charge is 0.434 e. The first kappa shape index (κ1) is 28.1. The van der Waals surface area contributed by atoms with Gasteiger partial charge in [-0.05, 0) is 31.2 Å². The third kappa shape index (κ3) is 6.49.